The van der Waals surface area contributed by atoms with E-state index < -0.39 is 23.6 Å². The second-order valence-corrected chi connectivity index (χ2v) is 5.93. The van der Waals surface area contributed by atoms with Gasteiger partial charge in [0, 0.05) is 25.0 Å². The van der Waals surface area contributed by atoms with E-state index in [-0.39, 0.29) is 12.5 Å². The van der Waals surface area contributed by atoms with Crippen molar-refractivity contribution >= 4 is 12.1 Å². The molecule has 5 heteroatoms. The molecule has 1 aliphatic rings. The molecule has 19 heavy (non-hydrogen) atoms. The number of hydrogen-bond donors (Lipinski definition) is 0. The lowest BCUT2D eigenvalue weighted by Gasteiger charge is -2.39. The molecule has 0 aromatic rings. The van der Waals surface area contributed by atoms with Gasteiger partial charge in [0.2, 0.25) is 0 Å². The molecular formula is C14H22NO4-. The number of nitrogens with zero attached hydrogens (tertiary/aromatic N) is 1. The molecular weight excluding hydrogens is 246 g/mol. The zero-order valence-electron chi connectivity index (χ0n) is 11.8. The monoisotopic (exact) mass is 268 g/mol. The Balaban J connectivity index is 2.68. The largest absolute Gasteiger partial charge is 0.550 e. The van der Waals surface area contributed by atoms with Crippen LogP contribution in [-0.4, -0.2) is 35.7 Å². The van der Waals surface area contributed by atoms with Crippen LogP contribution in [0.15, 0.2) is 12.7 Å². The molecule has 108 valence electrons. The van der Waals surface area contributed by atoms with Crippen molar-refractivity contribution < 1.29 is 19.4 Å². The van der Waals surface area contributed by atoms with Gasteiger partial charge in [0.15, 0.2) is 0 Å². The molecule has 0 aromatic carbocycles. The maximum Gasteiger partial charge on any atom is 0.410 e. The highest BCUT2D eigenvalue weighted by Crippen LogP contribution is 2.27. The first-order valence-corrected chi connectivity index (χ1v) is 6.54. The minimum Gasteiger partial charge on any atom is -0.550 e. The van der Waals surface area contributed by atoms with Crippen LogP contribution in [0.25, 0.3) is 0 Å². The number of likely N-dealkylation sites (tertiary alicyclic amines) is 1. The van der Waals surface area contributed by atoms with E-state index >= 15 is 0 Å². The molecule has 1 amide bonds. The summed E-state index contributed by atoms with van der Waals surface area (Å²) in [6.07, 6.45) is 2.50. The highest BCUT2D eigenvalue weighted by atomic mass is 16.6. The van der Waals surface area contributed by atoms with E-state index in [1.54, 1.807) is 26.8 Å². The Hall–Kier alpha value is -1.52. The van der Waals surface area contributed by atoms with Crippen LogP contribution in [0.4, 0.5) is 4.79 Å². The number of amides is 1. The number of rotatable bonds is 3. The van der Waals surface area contributed by atoms with Gasteiger partial charge in [-0.25, -0.2) is 4.79 Å². The molecule has 0 bridgehead atoms. The number of allylic oxidation sites excluding steroid dienone is 1. The molecule has 0 aliphatic carbocycles. The Morgan fingerprint density at radius 1 is 1.47 bits per heavy atom. The summed E-state index contributed by atoms with van der Waals surface area (Å²) < 4.78 is 5.25. The first-order valence-electron chi connectivity index (χ1n) is 6.54. The SMILES string of the molecule is C=CCC1CCN(C(=O)OC(C)(C)C)CC1C(=O)[O-]. The third kappa shape index (κ3) is 4.58. The highest BCUT2D eigenvalue weighted by molar-refractivity contribution is 5.72. The van der Waals surface area contributed by atoms with Gasteiger partial charge in [-0.3, -0.25) is 0 Å². The molecule has 0 saturated carbocycles. The van der Waals surface area contributed by atoms with Gasteiger partial charge in [-0.15, -0.1) is 6.58 Å². The molecule has 1 heterocycles. The quantitative estimate of drug-likeness (QED) is 0.721. The minimum absolute atomic E-state index is 0.0128. The second kappa shape index (κ2) is 6.08. The number of aliphatic carboxylic acids is 1. The molecule has 0 spiro atoms. The summed E-state index contributed by atoms with van der Waals surface area (Å²) in [5.41, 5.74) is -0.577. The molecule has 1 saturated heterocycles. The van der Waals surface area contributed by atoms with Crippen LogP contribution in [0.1, 0.15) is 33.6 Å². The van der Waals surface area contributed by atoms with Gasteiger partial charge < -0.3 is 19.5 Å². The number of ether oxygens (including phenoxy) is 1. The molecule has 5 nitrogen and oxygen atoms in total. The van der Waals surface area contributed by atoms with E-state index in [0.717, 1.165) is 0 Å². The summed E-state index contributed by atoms with van der Waals surface area (Å²) in [5, 5.41) is 11.2. The fourth-order valence-electron chi connectivity index (χ4n) is 2.26. The Labute approximate surface area is 114 Å². The average molecular weight is 268 g/mol. The van der Waals surface area contributed by atoms with Crippen LogP contribution in [0, 0.1) is 11.8 Å². The molecule has 0 radical (unpaired) electrons. The number of carbonyl (C=O) groups is 2. The Bertz CT molecular complexity index is 359. The molecule has 0 aromatic heterocycles. The second-order valence-electron chi connectivity index (χ2n) is 5.93. The van der Waals surface area contributed by atoms with E-state index in [1.165, 1.54) is 4.90 Å². The van der Waals surface area contributed by atoms with Crippen LogP contribution in [0.3, 0.4) is 0 Å². The maximum atomic E-state index is 11.9. The topological polar surface area (TPSA) is 69.7 Å². The molecule has 1 aliphatic heterocycles. The number of hydrogen-bond acceptors (Lipinski definition) is 4. The van der Waals surface area contributed by atoms with Crippen molar-refractivity contribution in [2.45, 2.75) is 39.2 Å². The minimum atomic E-state index is -1.11. The number of carboxylic acids is 1. The summed E-state index contributed by atoms with van der Waals surface area (Å²) >= 11 is 0. The maximum absolute atomic E-state index is 11.9. The summed E-state index contributed by atoms with van der Waals surface area (Å²) in [4.78, 5) is 24.5. The standard InChI is InChI=1S/C14H23NO4/c1-5-6-10-7-8-15(9-11(10)12(16)17)13(18)19-14(2,3)4/h5,10-11H,1,6-9H2,2-4H3,(H,16,17)/p-1. The Morgan fingerprint density at radius 2 is 2.11 bits per heavy atom. The van der Waals surface area contributed by atoms with Crippen molar-refractivity contribution in [1.82, 2.24) is 4.90 Å². The zero-order chi connectivity index (χ0) is 14.6. The first-order chi connectivity index (χ1) is 8.74. The molecule has 1 rings (SSSR count). The van der Waals surface area contributed by atoms with E-state index in [2.05, 4.69) is 6.58 Å². The van der Waals surface area contributed by atoms with Gasteiger partial charge in [-0.2, -0.15) is 0 Å². The zero-order valence-corrected chi connectivity index (χ0v) is 11.8. The van der Waals surface area contributed by atoms with Gasteiger partial charge in [-0.1, -0.05) is 6.08 Å². The molecule has 2 unspecified atom stereocenters. The smallest absolute Gasteiger partial charge is 0.410 e. The van der Waals surface area contributed by atoms with Gasteiger partial charge in [0.05, 0.1) is 0 Å². The van der Waals surface area contributed by atoms with Crippen molar-refractivity contribution in [3.05, 3.63) is 12.7 Å². The highest BCUT2D eigenvalue weighted by Gasteiger charge is 2.33. The molecule has 1 fully saturated rings. The lowest BCUT2D eigenvalue weighted by molar-refractivity contribution is -0.314. The number of carboxylic acid groups (broad SMARTS) is 1. The van der Waals surface area contributed by atoms with E-state index in [1.807, 2.05) is 0 Å². The van der Waals surface area contributed by atoms with Crippen molar-refractivity contribution in [2.24, 2.45) is 11.8 Å². The Kier molecular flexibility index (Phi) is 4.97. The van der Waals surface area contributed by atoms with Crippen LogP contribution in [0.2, 0.25) is 0 Å². The average Bonchev–Trinajstić information content (AvgIpc) is 2.27. The predicted octanol–water partition coefficient (Wildman–Crippen LogP) is 1.19. The fraction of sp³-hybridized carbons (Fsp3) is 0.714. The van der Waals surface area contributed by atoms with Gasteiger partial charge in [0.25, 0.3) is 0 Å². The summed E-state index contributed by atoms with van der Waals surface area (Å²) in [6.45, 7) is 9.64. The fourth-order valence-corrected chi connectivity index (χ4v) is 2.26. The van der Waals surface area contributed by atoms with Crippen molar-refractivity contribution in [2.75, 3.05) is 13.1 Å². The van der Waals surface area contributed by atoms with Crippen LogP contribution >= 0.6 is 0 Å². The first kappa shape index (κ1) is 15.5. The van der Waals surface area contributed by atoms with Crippen LogP contribution in [-0.2, 0) is 9.53 Å². The summed E-state index contributed by atoms with van der Waals surface area (Å²) in [6, 6.07) is 0. The molecule has 2 atom stereocenters. The van der Waals surface area contributed by atoms with E-state index in [0.29, 0.717) is 19.4 Å². The predicted molar refractivity (Wildman–Crippen MR) is 69.2 cm³/mol. The number of carbonyl (C=O) groups excluding carboxylic acids is 2. The van der Waals surface area contributed by atoms with Crippen molar-refractivity contribution in [3.63, 3.8) is 0 Å². The van der Waals surface area contributed by atoms with E-state index in [9.17, 15) is 14.7 Å². The lowest BCUT2D eigenvalue weighted by atomic mass is 9.83. The van der Waals surface area contributed by atoms with Gasteiger partial charge >= 0.3 is 6.09 Å². The normalized spacial score (nSPS) is 23.8. The third-order valence-electron chi connectivity index (χ3n) is 3.18. The van der Waals surface area contributed by atoms with Gasteiger partial charge in [0.1, 0.15) is 5.60 Å². The van der Waals surface area contributed by atoms with Crippen LogP contribution < -0.4 is 5.11 Å². The van der Waals surface area contributed by atoms with Gasteiger partial charge in [-0.05, 0) is 39.5 Å². The molecule has 0 N–H and O–H groups in total. The van der Waals surface area contributed by atoms with Crippen LogP contribution in [0.5, 0.6) is 0 Å². The lowest BCUT2D eigenvalue weighted by Crippen LogP contribution is -2.51. The third-order valence-corrected chi connectivity index (χ3v) is 3.18. The Morgan fingerprint density at radius 3 is 2.58 bits per heavy atom. The van der Waals surface area contributed by atoms with Crippen molar-refractivity contribution in [1.29, 1.82) is 0 Å². The van der Waals surface area contributed by atoms with Crippen molar-refractivity contribution in [3.8, 4) is 0 Å². The summed E-state index contributed by atoms with van der Waals surface area (Å²) in [5.74, 6) is -1.78. The van der Waals surface area contributed by atoms with E-state index in [4.69, 9.17) is 4.74 Å². The summed E-state index contributed by atoms with van der Waals surface area (Å²) in [7, 11) is 0. The number of piperidine rings is 1.